The summed E-state index contributed by atoms with van der Waals surface area (Å²) in [6, 6.07) is -0.347. The molecule has 0 aliphatic carbocycles. The van der Waals surface area contributed by atoms with Crippen molar-refractivity contribution in [3.63, 3.8) is 0 Å². The summed E-state index contributed by atoms with van der Waals surface area (Å²) in [5, 5.41) is 6.85. The Kier molecular flexibility index (Phi) is 7.07. The lowest BCUT2D eigenvalue weighted by atomic mass is 10.0. The number of likely N-dealkylation sites (tertiary alicyclic amines) is 1. The average molecular weight is 357 g/mol. The zero-order chi connectivity index (χ0) is 19.3. The lowest BCUT2D eigenvalue weighted by Crippen LogP contribution is -2.54. The molecule has 0 aromatic rings. The first-order valence-electron chi connectivity index (χ1n) is 8.57. The summed E-state index contributed by atoms with van der Waals surface area (Å²) in [6.07, 6.45) is -0.426. The Balaban J connectivity index is 2.76. The van der Waals surface area contributed by atoms with Crippen molar-refractivity contribution in [1.29, 1.82) is 0 Å². The predicted molar refractivity (Wildman–Crippen MR) is 94.6 cm³/mol. The minimum absolute atomic E-state index is 0.232. The normalized spacial score (nSPS) is 20.2. The fraction of sp³-hybridized carbons (Fsp3) is 0.824. The first-order chi connectivity index (χ1) is 11.4. The topological polar surface area (TPSA) is 89.5 Å². The molecule has 1 unspecified atom stereocenters. The van der Waals surface area contributed by atoms with Gasteiger partial charge in [0.2, 0.25) is 0 Å². The van der Waals surface area contributed by atoms with E-state index in [-0.39, 0.29) is 12.6 Å². The molecule has 0 saturated carbocycles. The molecular formula is C17H31N3O5. The third-order valence-corrected chi connectivity index (χ3v) is 3.10. The van der Waals surface area contributed by atoms with E-state index in [0.717, 1.165) is 0 Å². The van der Waals surface area contributed by atoms with Gasteiger partial charge in [-0.2, -0.15) is 0 Å². The first-order valence-corrected chi connectivity index (χ1v) is 8.57. The van der Waals surface area contributed by atoms with E-state index in [2.05, 4.69) is 10.5 Å². The number of ether oxygens (including phenoxy) is 2. The number of nitrogens with one attached hydrogen (secondary N) is 1. The van der Waals surface area contributed by atoms with Crippen LogP contribution in [-0.4, -0.2) is 59.7 Å². The van der Waals surface area contributed by atoms with Gasteiger partial charge in [0.25, 0.3) is 0 Å². The van der Waals surface area contributed by atoms with E-state index in [4.69, 9.17) is 14.3 Å². The van der Waals surface area contributed by atoms with Crippen LogP contribution in [0.5, 0.6) is 0 Å². The minimum atomic E-state index is -0.585. The molecule has 0 radical (unpaired) electrons. The molecule has 144 valence electrons. The second kappa shape index (κ2) is 8.40. The smallest absolute Gasteiger partial charge is 0.410 e. The van der Waals surface area contributed by atoms with Crippen molar-refractivity contribution >= 4 is 17.9 Å². The average Bonchev–Trinajstić information content (AvgIpc) is 2.42. The number of rotatable bonds is 3. The van der Waals surface area contributed by atoms with Gasteiger partial charge in [-0.25, -0.2) is 9.59 Å². The maximum absolute atomic E-state index is 12.2. The Labute approximate surface area is 149 Å². The summed E-state index contributed by atoms with van der Waals surface area (Å²) in [6.45, 7) is 13.7. The highest BCUT2D eigenvalue weighted by atomic mass is 16.6. The van der Waals surface area contributed by atoms with E-state index in [0.29, 0.717) is 25.3 Å². The van der Waals surface area contributed by atoms with Crippen LogP contribution in [0.2, 0.25) is 0 Å². The van der Waals surface area contributed by atoms with Gasteiger partial charge in [-0.05, 0) is 54.9 Å². The van der Waals surface area contributed by atoms with E-state index >= 15 is 0 Å². The minimum Gasteiger partial charge on any atom is -0.444 e. The van der Waals surface area contributed by atoms with Crippen molar-refractivity contribution in [2.75, 3.05) is 19.7 Å². The molecule has 1 heterocycles. The van der Waals surface area contributed by atoms with Crippen LogP contribution >= 0.6 is 0 Å². The number of piperidine rings is 1. The molecule has 1 fully saturated rings. The number of hydrogen-bond acceptors (Lipinski definition) is 6. The Hall–Kier alpha value is -1.99. The molecule has 8 heteroatoms. The van der Waals surface area contributed by atoms with Crippen molar-refractivity contribution in [3.05, 3.63) is 0 Å². The van der Waals surface area contributed by atoms with Gasteiger partial charge in [0.15, 0.2) is 0 Å². The quantitative estimate of drug-likeness (QED) is 0.785. The molecule has 1 aliphatic heterocycles. The molecule has 25 heavy (non-hydrogen) atoms. The van der Waals surface area contributed by atoms with E-state index in [1.165, 1.54) is 0 Å². The maximum Gasteiger partial charge on any atom is 0.410 e. The summed E-state index contributed by atoms with van der Waals surface area (Å²) in [7, 11) is 0. The molecule has 0 aromatic heterocycles. The van der Waals surface area contributed by atoms with Crippen molar-refractivity contribution < 1.29 is 23.9 Å². The summed E-state index contributed by atoms with van der Waals surface area (Å²) in [4.78, 5) is 30.9. The molecule has 2 amide bonds. The fourth-order valence-electron chi connectivity index (χ4n) is 2.16. The van der Waals surface area contributed by atoms with E-state index < -0.39 is 23.4 Å². The van der Waals surface area contributed by atoms with Crippen molar-refractivity contribution in [2.45, 2.75) is 72.1 Å². The third-order valence-electron chi connectivity index (χ3n) is 3.10. The Bertz CT molecular complexity index is 505. The van der Waals surface area contributed by atoms with E-state index in [1.54, 1.807) is 25.7 Å². The monoisotopic (exact) mass is 357 g/mol. The van der Waals surface area contributed by atoms with Crippen LogP contribution in [0.3, 0.4) is 0 Å². The standard InChI is InChI=1S/C17H31N3O5/c1-8-23-19-13-11-20(15(22)25-17(5,6)7)10-9-12(13)18-14(21)24-16(2,3)4/h12H,8-11H2,1-7H3,(H,18,21)/b19-13+. The van der Waals surface area contributed by atoms with Crippen LogP contribution in [0.1, 0.15) is 54.9 Å². The lowest BCUT2D eigenvalue weighted by molar-refractivity contribution is 0.0254. The number of hydrogen-bond donors (Lipinski definition) is 1. The number of amides is 2. The van der Waals surface area contributed by atoms with Crippen LogP contribution in [-0.2, 0) is 14.3 Å². The largest absolute Gasteiger partial charge is 0.444 e. The molecule has 0 spiro atoms. The van der Waals surface area contributed by atoms with E-state index in [9.17, 15) is 9.59 Å². The molecular weight excluding hydrogens is 326 g/mol. The van der Waals surface area contributed by atoms with E-state index in [1.807, 2.05) is 27.7 Å². The highest BCUT2D eigenvalue weighted by molar-refractivity contribution is 5.95. The zero-order valence-corrected chi connectivity index (χ0v) is 16.3. The Morgan fingerprint density at radius 2 is 1.76 bits per heavy atom. The molecule has 1 saturated heterocycles. The predicted octanol–water partition coefficient (Wildman–Crippen LogP) is 2.91. The number of carbonyl (C=O) groups excluding carboxylic acids is 2. The SMILES string of the molecule is CCO/N=C1\CN(C(=O)OC(C)(C)C)CCC1NC(=O)OC(C)(C)C. The Morgan fingerprint density at radius 1 is 1.16 bits per heavy atom. The number of carbonyl (C=O) groups is 2. The molecule has 0 aromatic carbocycles. The lowest BCUT2D eigenvalue weighted by Gasteiger charge is -2.34. The maximum atomic E-state index is 12.2. The van der Waals surface area contributed by atoms with Crippen molar-refractivity contribution in [1.82, 2.24) is 10.2 Å². The number of alkyl carbamates (subject to hydrolysis) is 1. The second-order valence-electron chi connectivity index (χ2n) is 7.89. The van der Waals surface area contributed by atoms with Gasteiger partial charge >= 0.3 is 12.2 Å². The fourth-order valence-corrected chi connectivity index (χ4v) is 2.16. The van der Waals surface area contributed by atoms with Crippen molar-refractivity contribution in [3.8, 4) is 0 Å². The van der Waals surface area contributed by atoms with Gasteiger partial charge in [0, 0.05) is 6.54 Å². The van der Waals surface area contributed by atoms with Gasteiger partial charge in [0.1, 0.15) is 17.8 Å². The molecule has 1 atom stereocenters. The zero-order valence-electron chi connectivity index (χ0n) is 16.3. The summed E-state index contributed by atoms with van der Waals surface area (Å²) < 4.78 is 10.7. The molecule has 1 aliphatic rings. The molecule has 1 N–H and O–H groups in total. The van der Waals surface area contributed by atoms with Crippen molar-refractivity contribution in [2.24, 2.45) is 5.16 Å². The highest BCUT2D eigenvalue weighted by Gasteiger charge is 2.33. The van der Waals surface area contributed by atoms with Crippen LogP contribution < -0.4 is 5.32 Å². The van der Waals surface area contributed by atoms with Gasteiger partial charge < -0.3 is 24.5 Å². The van der Waals surface area contributed by atoms with Crippen LogP contribution in [0.25, 0.3) is 0 Å². The molecule has 0 bridgehead atoms. The molecule has 8 nitrogen and oxygen atoms in total. The Morgan fingerprint density at radius 3 is 2.28 bits per heavy atom. The number of oxime groups is 1. The number of nitrogens with zero attached hydrogens (tertiary/aromatic N) is 2. The van der Waals surface area contributed by atoms with Gasteiger partial charge in [-0.1, -0.05) is 5.16 Å². The van der Waals surface area contributed by atoms with Crippen LogP contribution in [0, 0.1) is 0 Å². The second-order valence-corrected chi connectivity index (χ2v) is 7.89. The van der Waals surface area contributed by atoms with Gasteiger partial charge in [-0.3, -0.25) is 0 Å². The third kappa shape index (κ3) is 8.09. The van der Waals surface area contributed by atoms with Gasteiger partial charge in [-0.15, -0.1) is 0 Å². The first kappa shape index (κ1) is 21.1. The summed E-state index contributed by atoms with van der Waals surface area (Å²) in [5.74, 6) is 0. The van der Waals surface area contributed by atoms with Crippen LogP contribution in [0.4, 0.5) is 9.59 Å². The summed E-state index contributed by atoms with van der Waals surface area (Å²) >= 11 is 0. The summed E-state index contributed by atoms with van der Waals surface area (Å²) in [5.41, 5.74) is -0.594. The highest BCUT2D eigenvalue weighted by Crippen LogP contribution is 2.16. The van der Waals surface area contributed by atoms with Crippen LogP contribution in [0.15, 0.2) is 5.16 Å². The van der Waals surface area contributed by atoms with Gasteiger partial charge in [0.05, 0.1) is 18.3 Å². The molecule has 1 rings (SSSR count).